The molecule has 0 aromatic carbocycles. The fourth-order valence-corrected chi connectivity index (χ4v) is 1.09. The Balaban J connectivity index is 2.58. The summed E-state index contributed by atoms with van der Waals surface area (Å²) in [6, 6.07) is 0. The molecule has 3 nitrogen and oxygen atoms in total. The van der Waals surface area contributed by atoms with Crippen LogP contribution in [0.1, 0.15) is 6.42 Å². The van der Waals surface area contributed by atoms with Crippen LogP contribution in [0.15, 0.2) is 12.7 Å². The molecular weight excluding hydrogens is 130 g/mol. The molecule has 1 fully saturated rings. The first kappa shape index (κ1) is 7.28. The Morgan fingerprint density at radius 3 is 2.50 bits per heavy atom. The zero-order valence-electron chi connectivity index (χ0n) is 5.76. The van der Waals surface area contributed by atoms with Crippen LogP contribution in [-0.2, 0) is 4.79 Å². The number of hydrogen-bond donors (Lipinski definition) is 2. The van der Waals surface area contributed by atoms with E-state index in [9.17, 15) is 4.79 Å². The first-order chi connectivity index (χ1) is 4.71. The normalized spacial score (nSPS) is 21.2. The van der Waals surface area contributed by atoms with E-state index in [0.717, 1.165) is 0 Å². The maximum atomic E-state index is 10.6. The van der Waals surface area contributed by atoms with Crippen LogP contribution in [0.25, 0.3) is 0 Å². The van der Waals surface area contributed by atoms with Crippen LogP contribution in [-0.4, -0.2) is 24.2 Å². The minimum Gasteiger partial charge on any atom is -0.481 e. The average Bonchev–Trinajstić information content (AvgIpc) is 1.77. The molecule has 0 atom stereocenters. The van der Waals surface area contributed by atoms with Crippen LogP contribution in [0.5, 0.6) is 0 Å². The van der Waals surface area contributed by atoms with E-state index >= 15 is 0 Å². The van der Waals surface area contributed by atoms with Crippen LogP contribution < -0.4 is 5.32 Å². The van der Waals surface area contributed by atoms with Gasteiger partial charge in [-0.3, -0.25) is 4.79 Å². The SMILES string of the molecule is C=CCC1(C(=O)O)CNC1. The number of carbonyl (C=O) groups is 1. The molecule has 10 heavy (non-hydrogen) atoms. The summed E-state index contributed by atoms with van der Waals surface area (Å²) in [4.78, 5) is 10.6. The van der Waals surface area contributed by atoms with Crippen molar-refractivity contribution in [3.05, 3.63) is 12.7 Å². The lowest BCUT2D eigenvalue weighted by molar-refractivity contribution is -0.151. The van der Waals surface area contributed by atoms with E-state index in [4.69, 9.17) is 5.11 Å². The van der Waals surface area contributed by atoms with Crippen molar-refractivity contribution in [3.63, 3.8) is 0 Å². The Kier molecular flexibility index (Phi) is 1.76. The quantitative estimate of drug-likeness (QED) is 0.553. The molecule has 0 saturated carbocycles. The van der Waals surface area contributed by atoms with Crippen molar-refractivity contribution in [1.29, 1.82) is 0 Å². The number of carboxylic acid groups (broad SMARTS) is 1. The van der Waals surface area contributed by atoms with Gasteiger partial charge in [-0.05, 0) is 6.42 Å². The molecule has 0 spiro atoms. The Morgan fingerprint density at radius 2 is 2.40 bits per heavy atom. The van der Waals surface area contributed by atoms with Gasteiger partial charge in [-0.1, -0.05) is 6.08 Å². The number of hydrogen-bond acceptors (Lipinski definition) is 2. The first-order valence-electron chi connectivity index (χ1n) is 3.26. The number of rotatable bonds is 3. The van der Waals surface area contributed by atoms with Gasteiger partial charge in [0.2, 0.25) is 0 Å². The van der Waals surface area contributed by atoms with E-state index in [2.05, 4.69) is 11.9 Å². The first-order valence-corrected chi connectivity index (χ1v) is 3.26. The molecule has 1 heterocycles. The smallest absolute Gasteiger partial charge is 0.312 e. The van der Waals surface area contributed by atoms with Gasteiger partial charge in [-0.15, -0.1) is 6.58 Å². The predicted octanol–water partition coefficient (Wildman–Crippen LogP) is 0.237. The molecule has 0 aliphatic carbocycles. The predicted molar refractivity (Wildman–Crippen MR) is 37.8 cm³/mol. The van der Waals surface area contributed by atoms with Crippen molar-refractivity contribution in [2.24, 2.45) is 5.41 Å². The van der Waals surface area contributed by atoms with E-state index in [0.29, 0.717) is 19.5 Å². The molecule has 0 aromatic rings. The third-order valence-electron chi connectivity index (χ3n) is 1.92. The highest BCUT2D eigenvalue weighted by Gasteiger charge is 2.43. The zero-order valence-corrected chi connectivity index (χ0v) is 5.76. The Hall–Kier alpha value is -0.830. The average molecular weight is 141 g/mol. The van der Waals surface area contributed by atoms with Crippen LogP contribution in [0, 0.1) is 5.41 Å². The van der Waals surface area contributed by atoms with Gasteiger partial charge >= 0.3 is 5.97 Å². The third kappa shape index (κ3) is 0.926. The molecule has 0 unspecified atom stereocenters. The Labute approximate surface area is 59.7 Å². The van der Waals surface area contributed by atoms with Crippen molar-refractivity contribution in [1.82, 2.24) is 5.32 Å². The van der Waals surface area contributed by atoms with E-state index in [1.54, 1.807) is 6.08 Å². The number of aliphatic carboxylic acids is 1. The van der Waals surface area contributed by atoms with Crippen LogP contribution in [0.4, 0.5) is 0 Å². The van der Waals surface area contributed by atoms with Crippen LogP contribution in [0.2, 0.25) is 0 Å². The molecule has 0 amide bonds. The van der Waals surface area contributed by atoms with E-state index in [1.807, 2.05) is 0 Å². The second-order valence-corrected chi connectivity index (χ2v) is 2.68. The molecule has 0 radical (unpaired) electrons. The minimum absolute atomic E-state index is 0.540. The van der Waals surface area contributed by atoms with Crippen molar-refractivity contribution in [2.45, 2.75) is 6.42 Å². The molecule has 3 heteroatoms. The lowest BCUT2D eigenvalue weighted by atomic mass is 9.79. The summed E-state index contributed by atoms with van der Waals surface area (Å²) in [7, 11) is 0. The number of allylic oxidation sites excluding steroid dienone is 1. The maximum Gasteiger partial charge on any atom is 0.312 e. The lowest BCUT2D eigenvalue weighted by Crippen LogP contribution is -2.57. The third-order valence-corrected chi connectivity index (χ3v) is 1.92. The number of nitrogens with one attached hydrogen (secondary N) is 1. The second-order valence-electron chi connectivity index (χ2n) is 2.68. The maximum absolute atomic E-state index is 10.6. The van der Waals surface area contributed by atoms with Crippen LogP contribution >= 0.6 is 0 Å². The highest BCUT2D eigenvalue weighted by Crippen LogP contribution is 2.27. The van der Waals surface area contributed by atoms with Gasteiger partial charge in [0.05, 0.1) is 5.41 Å². The molecule has 1 rings (SSSR count). The molecule has 0 aromatic heterocycles. The van der Waals surface area contributed by atoms with Gasteiger partial charge in [0, 0.05) is 13.1 Å². The summed E-state index contributed by atoms with van der Waals surface area (Å²) >= 11 is 0. The molecule has 2 N–H and O–H groups in total. The summed E-state index contributed by atoms with van der Waals surface area (Å²) in [6.45, 7) is 4.67. The van der Waals surface area contributed by atoms with Gasteiger partial charge < -0.3 is 10.4 Å². The molecule has 1 aliphatic rings. The largest absolute Gasteiger partial charge is 0.481 e. The summed E-state index contributed by atoms with van der Waals surface area (Å²) in [6.07, 6.45) is 2.23. The van der Waals surface area contributed by atoms with Gasteiger partial charge in [-0.2, -0.15) is 0 Å². The highest BCUT2D eigenvalue weighted by atomic mass is 16.4. The Morgan fingerprint density at radius 1 is 1.80 bits per heavy atom. The molecular formula is C7H11NO2. The summed E-state index contributed by atoms with van der Waals surface area (Å²) < 4.78 is 0. The van der Waals surface area contributed by atoms with E-state index in [-0.39, 0.29) is 0 Å². The van der Waals surface area contributed by atoms with Gasteiger partial charge in [0.15, 0.2) is 0 Å². The fourth-order valence-electron chi connectivity index (χ4n) is 1.09. The summed E-state index contributed by atoms with van der Waals surface area (Å²) in [5, 5.41) is 11.7. The van der Waals surface area contributed by atoms with Crippen molar-refractivity contribution in [3.8, 4) is 0 Å². The molecule has 56 valence electrons. The second kappa shape index (κ2) is 2.42. The number of carboxylic acids is 1. The van der Waals surface area contributed by atoms with Crippen LogP contribution in [0.3, 0.4) is 0 Å². The van der Waals surface area contributed by atoms with Crippen molar-refractivity contribution >= 4 is 5.97 Å². The summed E-state index contributed by atoms with van der Waals surface area (Å²) in [5.41, 5.74) is -0.540. The van der Waals surface area contributed by atoms with E-state index < -0.39 is 11.4 Å². The van der Waals surface area contributed by atoms with Gasteiger partial charge in [-0.25, -0.2) is 0 Å². The zero-order chi connectivity index (χ0) is 7.61. The standard InChI is InChI=1S/C7H11NO2/c1-2-3-7(6(9)10)4-8-5-7/h2,8H,1,3-5H2,(H,9,10). The van der Waals surface area contributed by atoms with Gasteiger partial charge in [0.1, 0.15) is 0 Å². The van der Waals surface area contributed by atoms with Crippen molar-refractivity contribution < 1.29 is 9.90 Å². The highest BCUT2D eigenvalue weighted by molar-refractivity contribution is 5.76. The Bertz CT molecular complexity index is 161. The van der Waals surface area contributed by atoms with E-state index in [1.165, 1.54) is 0 Å². The molecule has 1 aliphatic heterocycles. The fraction of sp³-hybridized carbons (Fsp3) is 0.571. The lowest BCUT2D eigenvalue weighted by Gasteiger charge is -2.37. The van der Waals surface area contributed by atoms with Gasteiger partial charge in [0.25, 0.3) is 0 Å². The monoisotopic (exact) mass is 141 g/mol. The topological polar surface area (TPSA) is 49.3 Å². The van der Waals surface area contributed by atoms with Crippen molar-refractivity contribution in [2.75, 3.05) is 13.1 Å². The molecule has 1 saturated heterocycles. The minimum atomic E-state index is -0.717. The molecule has 0 bridgehead atoms. The summed E-state index contributed by atoms with van der Waals surface area (Å²) in [5.74, 6) is -0.717.